The third-order valence-corrected chi connectivity index (χ3v) is 6.13. The standard InChI is InChI=1S/C17H33N3O5Si/c1-7-25-26(5,6)12-8-9-18-15(21)14(4)20-17(23)19-10-11-24-16(22)13(2)3/h14H,2,7-12H2,1,3-6H3,(H,18,21)(H2,19,20,23). The molecule has 0 rings (SSSR count). The number of rotatable bonds is 12. The topological polar surface area (TPSA) is 106 Å². The van der Waals surface area contributed by atoms with Crippen LogP contribution in [-0.4, -0.2) is 58.6 Å². The van der Waals surface area contributed by atoms with Crippen molar-refractivity contribution >= 4 is 26.2 Å². The molecule has 0 radical (unpaired) electrons. The van der Waals surface area contributed by atoms with Crippen LogP contribution in [0.2, 0.25) is 19.1 Å². The first-order valence-corrected chi connectivity index (χ1v) is 12.0. The highest BCUT2D eigenvalue weighted by atomic mass is 28.4. The average Bonchev–Trinajstić information content (AvgIpc) is 2.54. The van der Waals surface area contributed by atoms with Crippen LogP contribution in [0.4, 0.5) is 4.79 Å². The van der Waals surface area contributed by atoms with Gasteiger partial charge in [-0.05, 0) is 46.3 Å². The molecule has 0 aliphatic carbocycles. The van der Waals surface area contributed by atoms with Gasteiger partial charge in [-0.15, -0.1) is 0 Å². The molecular weight excluding hydrogens is 354 g/mol. The van der Waals surface area contributed by atoms with Gasteiger partial charge in [0.25, 0.3) is 0 Å². The summed E-state index contributed by atoms with van der Waals surface area (Å²) < 4.78 is 10.6. The summed E-state index contributed by atoms with van der Waals surface area (Å²) in [4.78, 5) is 34.8. The predicted molar refractivity (Wildman–Crippen MR) is 103 cm³/mol. The second-order valence-electron chi connectivity index (χ2n) is 6.63. The van der Waals surface area contributed by atoms with Gasteiger partial charge in [-0.25, -0.2) is 9.59 Å². The van der Waals surface area contributed by atoms with Crippen LogP contribution in [0.15, 0.2) is 12.2 Å². The SMILES string of the molecule is C=C(C)C(=O)OCCNC(=O)NC(C)C(=O)NCCC[Si](C)(C)OCC. The third kappa shape index (κ3) is 11.6. The molecule has 0 saturated heterocycles. The Labute approximate surface area is 157 Å². The van der Waals surface area contributed by atoms with Crippen molar-refractivity contribution in [3.63, 3.8) is 0 Å². The van der Waals surface area contributed by atoms with Gasteiger partial charge in [-0.2, -0.15) is 0 Å². The molecule has 0 fully saturated rings. The third-order valence-electron chi connectivity index (χ3n) is 3.50. The Bertz CT molecular complexity index is 497. The fraction of sp³-hybridized carbons (Fsp3) is 0.706. The normalized spacial score (nSPS) is 12.0. The first kappa shape index (κ1) is 24.1. The van der Waals surface area contributed by atoms with E-state index >= 15 is 0 Å². The number of hydrogen-bond acceptors (Lipinski definition) is 5. The molecule has 8 nitrogen and oxygen atoms in total. The van der Waals surface area contributed by atoms with Crippen LogP contribution >= 0.6 is 0 Å². The van der Waals surface area contributed by atoms with Gasteiger partial charge in [0, 0.05) is 18.7 Å². The predicted octanol–water partition coefficient (Wildman–Crippen LogP) is 1.54. The first-order chi connectivity index (χ1) is 12.1. The number of amides is 3. The summed E-state index contributed by atoms with van der Waals surface area (Å²) in [5, 5.41) is 7.85. The molecule has 1 atom stereocenters. The minimum Gasteiger partial charge on any atom is -0.460 e. The Morgan fingerprint density at radius 2 is 1.81 bits per heavy atom. The molecular formula is C17H33N3O5Si. The summed E-state index contributed by atoms with van der Waals surface area (Å²) in [7, 11) is -1.64. The molecule has 0 aromatic rings. The molecule has 0 aromatic heterocycles. The lowest BCUT2D eigenvalue weighted by Gasteiger charge is -2.22. The zero-order valence-electron chi connectivity index (χ0n) is 16.6. The lowest BCUT2D eigenvalue weighted by molar-refractivity contribution is -0.138. The summed E-state index contributed by atoms with van der Waals surface area (Å²) in [5.74, 6) is -0.750. The fourth-order valence-corrected chi connectivity index (χ4v) is 4.04. The molecule has 0 saturated carbocycles. The molecule has 26 heavy (non-hydrogen) atoms. The number of ether oxygens (including phenoxy) is 1. The molecule has 0 aromatic carbocycles. The van der Waals surface area contributed by atoms with E-state index in [1.54, 1.807) is 13.8 Å². The molecule has 0 aliphatic heterocycles. The molecule has 150 valence electrons. The van der Waals surface area contributed by atoms with Crippen molar-refractivity contribution in [2.24, 2.45) is 0 Å². The van der Waals surface area contributed by atoms with E-state index in [1.807, 2.05) is 6.92 Å². The van der Waals surface area contributed by atoms with Gasteiger partial charge < -0.3 is 25.1 Å². The van der Waals surface area contributed by atoms with Crippen molar-refractivity contribution in [3.8, 4) is 0 Å². The van der Waals surface area contributed by atoms with E-state index in [1.165, 1.54) is 0 Å². The Kier molecular flexibility index (Phi) is 11.6. The number of carbonyl (C=O) groups excluding carboxylic acids is 3. The van der Waals surface area contributed by atoms with Gasteiger partial charge in [0.1, 0.15) is 12.6 Å². The maximum absolute atomic E-state index is 12.0. The van der Waals surface area contributed by atoms with Crippen LogP contribution in [0.5, 0.6) is 0 Å². The second-order valence-corrected chi connectivity index (χ2v) is 10.9. The number of urea groups is 1. The molecule has 3 amide bonds. The minimum absolute atomic E-state index is 0.0409. The largest absolute Gasteiger partial charge is 0.460 e. The van der Waals surface area contributed by atoms with Crippen LogP contribution in [-0.2, 0) is 18.8 Å². The average molecular weight is 388 g/mol. The summed E-state index contributed by atoms with van der Waals surface area (Å²) in [5.41, 5.74) is 0.298. The summed E-state index contributed by atoms with van der Waals surface area (Å²) in [6.45, 7) is 14.4. The molecule has 0 bridgehead atoms. The van der Waals surface area contributed by atoms with Crippen LogP contribution in [0.25, 0.3) is 0 Å². The van der Waals surface area contributed by atoms with E-state index < -0.39 is 26.4 Å². The van der Waals surface area contributed by atoms with Gasteiger partial charge in [0.15, 0.2) is 8.32 Å². The number of hydrogen-bond donors (Lipinski definition) is 3. The fourth-order valence-electron chi connectivity index (χ4n) is 2.09. The zero-order valence-corrected chi connectivity index (χ0v) is 17.6. The van der Waals surface area contributed by atoms with E-state index in [2.05, 4.69) is 35.6 Å². The zero-order chi connectivity index (χ0) is 20.2. The number of carbonyl (C=O) groups is 3. The van der Waals surface area contributed by atoms with Crippen molar-refractivity contribution in [1.82, 2.24) is 16.0 Å². The Morgan fingerprint density at radius 3 is 2.38 bits per heavy atom. The van der Waals surface area contributed by atoms with Crippen molar-refractivity contribution < 1.29 is 23.5 Å². The van der Waals surface area contributed by atoms with Crippen LogP contribution in [0.1, 0.15) is 27.2 Å². The Balaban J connectivity index is 3.91. The molecule has 0 spiro atoms. The van der Waals surface area contributed by atoms with Gasteiger partial charge in [-0.1, -0.05) is 6.58 Å². The van der Waals surface area contributed by atoms with Crippen molar-refractivity contribution in [2.75, 3.05) is 26.3 Å². The van der Waals surface area contributed by atoms with Crippen LogP contribution < -0.4 is 16.0 Å². The molecule has 3 N–H and O–H groups in total. The van der Waals surface area contributed by atoms with Crippen molar-refractivity contribution in [2.45, 2.75) is 52.4 Å². The van der Waals surface area contributed by atoms with E-state index in [9.17, 15) is 14.4 Å². The smallest absolute Gasteiger partial charge is 0.333 e. The van der Waals surface area contributed by atoms with Crippen LogP contribution in [0, 0.1) is 0 Å². The van der Waals surface area contributed by atoms with E-state index in [4.69, 9.17) is 9.16 Å². The monoisotopic (exact) mass is 387 g/mol. The first-order valence-electron chi connectivity index (χ1n) is 8.87. The highest BCUT2D eigenvalue weighted by molar-refractivity contribution is 6.71. The molecule has 9 heteroatoms. The van der Waals surface area contributed by atoms with Crippen molar-refractivity contribution in [3.05, 3.63) is 12.2 Å². The lowest BCUT2D eigenvalue weighted by Crippen LogP contribution is -2.49. The van der Waals surface area contributed by atoms with E-state index in [0.29, 0.717) is 18.7 Å². The Morgan fingerprint density at radius 1 is 1.15 bits per heavy atom. The van der Waals surface area contributed by atoms with Gasteiger partial charge >= 0.3 is 12.0 Å². The van der Waals surface area contributed by atoms with E-state index in [-0.39, 0.29) is 19.1 Å². The second kappa shape index (κ2) is 12.5. The maximum atomic E-state index is 12.0. The Hall–Kier alpha value is -1.87. The summed E-state index contributed by atoms with van der Waals surface area (Å²) in [6, 6.07) is -0.194. The van der Waals surface area contributed by atoms with Gasteiger partial charge in [0.05, 0.1) is 6.54 Å². The maximum Gasteiger partial charge on any atom is 0.333 e. The molecule has 0 aliphatic rings. The lowest BCUT2D eigenvalue weighted by atomic mass is 10.3. The molecule has 1 unspecified atom stereocenters. The van der Waals surface area contributed by atoms with Gasteiger partial charge in [0.2, 0.25) is 5.91 Å². The van der Waals surface area contributed by atoms with E-state index in [0.717, 1.165) is 12.5 Å². The number of nitrogens with one attached hydrogen (secondary N) is 3. The quantitative estimate of drug-likeness (QED) is 0.204. The highest BCUT2D eigenvalue weighted by Crippen LogP contribution is 2.12. The summed E-state index contributed by atoms with van der Waals surface area (Å²) in [6.07, 6.45) is 0.845. The van der Waals surface area contributed by atoms with Crippen LogP contribution in [0.3, 0.4) is 0 Å². The number of esters is 1. The summed E-state index contributed by atoms with van der Waals surface area (Å²) >= 11 is 0. The van der Waals surface area contributed by atoms with Gasteiger partial charge in [-0.3, -0.25) is 4.79 Å². The molecule has 0 heterocycles. The minimum atomic E-state index is -1.64. The highest BCUT2D eigenvalue weighted by Gasteiger charge is 2.21. The van der Waals surface area contributed by atoms with Crippen molar-refractivity contribution in [1.29, 1.82) is 0 Å².